The molecule has 0 aromatic heterocycles. The van der Waals surface area contributed by atoms with Crippen molar-refractivity contribution in [1.82, 2.24) is 4.90 Å². The van der Waals surface area contributed by atoms with E-state index in [9.17, 15) is 49.5 Å². The number of benzene rings is 2. The number of carboxylic acids is 1. The molecule has 1 saturated carbocycles. The fourth-order valence-electron chi connectivity index (χ4n) is 7.35. The number of sulfone groups is 1. The highest BCUT2D eigenvalue weighted by molar-refractivity contribution is 7.92. The zero-order chi connectivity index (χ0) is 32.5. The second kappa shape index (κ2) is 10.4. The van der Waals surface area contributed by atoms with Crippen LogP contribution in [0.3, 0.4) is 0 Å². The molecule has 14 heteroatoms. The molecule has 5 rings (SSSR count). The molecule has 6 nitrogen and oxygen atoms in total. The van der Waals surface area contributed by atoms with E-state index in [1.807, 2.05) is 0 Å². The van der Waals surface area contributed by atoms with Gasteiger partial charge in [-0.1, -0.05) is 43.3 Å². The number of carbonyl (C=O) groups excluding carboxylic acids is 1. The summed E-state index contributed by atoms with van der Waals surface area (Å²) in [7, 11) is -4.43. The van der Waals surface area contributed by atoms with Gasteiger partial charge in [-0.25, -0.2) is 12.8 Å². The van der Waals surface area contributed by atoms with E-state index < -0.39 is 61.5 Å². The molecule has 0 bridgehead atoms. The van der Waals surface area contributed by atoms with Gasteiger partial charge in [0.05, 0.1) is 16.9 Å². The molecule has 0 spiro atoms. The minimum absolute atomic E-state index is 0.0626. The van der Waals surface area contributed by atoms with E-state index in [1.165, 1.54) is 29.2 Å². The highest BCUT2D eigenvalue weighted by Crippen LogP contribution is 2.57. The quantitative estimate of drug-likeness (QED) is 0.375. The Kier molecular flexibility index (Phi) is 7.66. The molecule has 44 heavy (non-hydrogen) atoms. The molecule has 3 aliphatic rings. The van der Waals surface area contributed by atoms with Gasteiger partial charge in [0.1, 0.15) is 4.75 Å². The Morgan fingerprint density at radius 1 is 0.886 bits per heavy atom. The summed E-state index contributed by atoms with van der Waals surface area (Å²) in [6.07, 6.45) is -12.2. The van der Waals surface area contributed by atoms with Gasteiger partial charge in [0.25, 0.3) is 0 Å². The smallest absolute Gasteiger partial charge is 0.435 e. The lowest BCUT2D eigenvalue weighted by Crippen LogP contribution is -2.55. The Bertz CT molecular complexity index is 1550. The average molecular weight is 650 g/mol. The molecular weight excluding hydrogens is 619 g/mol. The molecule has 2 aromatic rings. The van der Waals surface area contributed by atoms with Gasteiger partial charge in [0.15, 0.2) is 9.84 Å². The third-order valence-electron chi connectivity index (χ3n) is 9.81. The first-order valence-electron chi connectivity index (χ1n) is 14.1. The second-order valence-corrected chi connectivity index (χ2v) is 14.4. The van der Waals surface area contributed by atoms with Crippen LogP contribution in [0.4, 0.5) is 30.7 Å². The first-order chi connectivity index (χ1) is 20.3. The normalized spacial score (nSPS) is 27.9. The molecule has 2 atom stereocenters. The summed E-state index contributed by atoms with van der Waals surface area (Å²) in [6, 6.07) is 7.75. The van der Waals surface area contributed by atoms with Gasteiger partial charge in [0.2, 0.25) is 5.91 Å². The number of amides is 1. The number of rotatable bonds is 5. The average Bonchev–Trinajstić information content (AvgIpc) is 3.37. The van der Waals surface area contributed by atoms with Crippen LogP contribution in [0.5, 0.6) is 0 Å². The lowest BCUT2D eigenvalue weighted by atomic mass is 9.70. The highest BCUT2D eigenvalue weighted by atomic mass is 32.2. The summed E-state index contributed by atoms with van der Waals surface area (Å²) < 4.78 is 123. The lowest BCUT2D eigenvalue weighted by Gasteiger charge is -2.45. The van der Waals surface area contributed by atoms with Gasteiger partial charge in [-0.2, -0.15) is 26.3 Å². The molecule has 2 aromatic carbocycles. The molecule has 240 valence electrons. The Morgan fingerprint density at radius 2 is 1.48 bits per heavy atom. The molecular formula is C30H30F7NO5S. The number of carboxylic acid groups (broad SMARTS) is 1. The lowest BCUT2D eigenvalue weighted by molar-refractivity contribution is -0.348. The van der Waals surface area contributed by atoms with E-state index in [2.05, 4.69) is 0 Å². The SMILES string of the molecule is C[C@]1(C(=O)N2CC[C@@]3(S(=O)(=O)c4ccccc4)c4ccc(C(F)(C(F)(F)F)C(F)(F)F)cc4CC[C@@H]23)CC[C@H](C(=O)O)CC1. The van der Waals surface area contributed by atoms with E-state index in [4.69, 9.17) is 0 Å². The molecule has 0 unspecified atom stereocenters. The van der Waals surface area contributed by atoms with E-state index in [0.29, 0.717) is 12.1 Å². The fraction of sp³-hybridized carbons (Fsp3) is 0.533. The number of likely N-dealkylation sites (tertiary alicyclic amines) is 1. The number of hydrogen-bond donors (Lipinski definition) is 1. The number of alkyl halides is 7. The van der Waals surface area contributed by atoms with E-state index in [1.54, 1.807) is 13.0 Å². The van der Waals surface area contributed by atoms with Crippen molar-refractivity contribution in [3.63, 3.8) is 0 Å². The molecule has 1 heterocycles. The van der Waals surface area contributed by atoms with Crippen molar-refractivity contribution in [2.24, 2.45) is 11.3 Å². The number of hydrogen-bond acceptors (Lipinski definition) is 4. The van der Waals surface area contributed by atoms with Crippen LogP contribution in [0, 0.1) is 11.3 Å². The largest absolute Gasteiger partial charge is 0.481 e. The van der Waals surface area contributed by atoms with Crippen LogP contribution in [-0.2, 0) is 36.3 Å². The number of carbonyl (C=O) groups is 2. The predicted molar refractivity (Wildman–Crippen MR) is 143 cm³/mol. The zero-order valence-electron chi connectivity index (χ0n) is 23.5. The third-order valence-corrected chi connectivity index (χ3v) is 12.4. The van der Waals surface area contributed by atoms with Gasteiger partial charge in [0, 0.05) is 17.5 Å². The van der Waals surface area contributed by atoms with E-state index in [-0.39, 0.29) is 73.4 Å². The number of fused-ring (bicyclic) bond motifs is 3. The van der Waals surface area contributed by atoms with Gasteiger partial charge in [-0.15, -0.1) is 0 Å². The molecule has 1 N–H and O–H groups in total. The maximum absolute atomic E-state index is 15.0. The Balaban J connectivity index is 1.63. The minimum Gasteiger partial charge on any atom is -0.481 e. The Hall–Kier alpha value is -3.16. The van der Waals surface area contributed by atoms with Crippen molar-refractivity contribution in [3.05, 3.63) is 65.2 Å². The highest BCUT2D eigenvalue weighted by Gasteiger charge is 2.74. The van der Waals surface area contributed by atoms with Gasteiger partial charge in [-0.05, 0) is 68.2 Å². The Labute approximate surface area is 249 Å². The minimum atomic E-state index is -6.34. The molecule has 1 aliphatic heterocycles. The standard InChI is InChI=1S/C30H30F7NO5S/c1-26(13-11-18(12-14-26)24(39)40)25(41)38-16-15-27(44(42,43)21-5-3-2-4-6-21)22-9-8-20(17-19(22)7-10-23(27)38)28(31,29(32,33)34)30(35,36)37/h2-6,8-9,17-18,23H,7,10-16H2,1H3,(H,39,40)/t18-,23-,26-,27-/m1/s1. The molecule has 2 aliphatic carbocycles. The van der Waals surface area contributed by atoms with Crippen molar-refractivity contribution in [3.8, 4) is 0 Å². The first-order valence-corrected chi connectivity index (χ1v) is 15.6. The maximum Gasteiger partial charge on any atom is 0.435 e. The summed E-state index contributed by atoms with van der Waals surface area (Å²) in [6.45, 7) is 1.63. The second-order valence-electron chi connectivity index (χ2n) is 12.2. The van der Waals surface area contributed by atoms with Crippen LogP contribution in [-0.4, -0.2) is 55.2 Å². The van der Waals surface area contributed by atoms with Crippen LogP contribution in [0.25, 0.3) is 0 Å². The van der Waals surface area contributed by atoms with E-state index in [0.717, 1.165) is 6.07 Å². The topological polar surface area (TPSA) is 91.8 Å². The van der Waals surface area contributed by atoms with Crippen LogP contribution in [0.2, 0.25) is 0 Å². The van der Waals surface area contributed by atoms with Crippen LogP contribution >= 0.6 is 0 Å². The van der Waals surface area contributed by atoms with Gasteiger partial charge >= 0.3 is 24.0 Å². The monoisotopic (exact) mass is 649 g/mol. The van der Waals surface area contributed by atoms with Crippen molar-refractivity contribution in [1.29, 1.82) is 0 Å². The van der Waals surface area contributed by atoms with E-state index >= 15 is 4.39 Å². The maximum atomic E-state index is 15.0. The van der Waals surface area contributed by atoms with Crippen LogP contribution in [0.1, 0.15) is 62.1 Å². The Morgan fingerprint density at radius 3 is 2.02 bits per heavy atom. The van der Waals surface area contributed by atoms with Gasteiger partial charge < -0.3 is 10.0 Å². The zero-order valence-corrected chi connectivity index (χ0v) is 24.3. The van der Waals surface area contributed by atoms with Gasteiger partial charge in [-0.3, -0.25) is 9.59 Å². The van der Waals surface area contributed by atoms with Crippen LogP contribution in [0.15, 0.2) is 53.4 Å². The fourth-order valence-corrected chi connectivity index (χ4v) is 9.73. The van der Waals surface area contributed by atoms with Crippen LogP contribution < -0.4 is 0 Å². The number of aryl methyl sites for hydroxylation is 1. The predicted octanol–water partition coefficient (Wildman–Crippen LogP) is 6.47. The molecule has 1 saturated heterocycles. The number of aliphatic carboxylic acids is 1. The van der Waals surface area contributed by atoms with Crippen molar-refractivity contribution >= 4 is 21.7 Å². The summed E-state index contributed by atoms with van der Waals surface area (Å²) in [5.41, 5.74) is -8.61. The molecule has 0 radical (unpaired) electrons. The summed E-state index contributed by atoms with van der Waals surface area (Å²) in [5.74, 6) is -1.96. The third kappa shape index (κ3) is 4.61. The number of nitrogens with zero attached hydrogens (tertiary/aromatic N) is 1. The molecule has 2 fully saturated rings. The molecule has 1 amide bonds. The first kappa shape index (κ1) is 32.2. The summed E-state index contributed by atoms with van der Waals surface area (Å²) in [5, 5.41) is 9.39. The summed E-state index contributed by atoms with van der Waals surface area (Å²) in [4.78, 5) is 26.8. The van der Waals surface area contributed by atoms with Crippen molar-refractivity contribution in [2.75, 3.05) is 6.54 Å². The summed E-state index contributed by atoms with van der Waals surface area (Å²) >= 11 is 0. The van der Waals surface area contributed by atoms with Crippen molar-refractivity contribution in [2.45, 2.75) is 85.6 Å². The number of halogens is 7. The van der Waals surface area contributed by atoms with Crippen molar-refractivity contribution < 1.29 is 53.8 Å².